The number of thiazole rings is 1. The molecule has 0 aliphatic carbocycles. The first-order valence-electron chi connectivity index (χ1n) is 8.22. The molecule has 0 unspecified atom stereocenters. The van der Waals surface area contributed by atoms with Crippen LogP contribution in [0.15, 0.2) is 35.5 Å². The van der Waals surface area contributed by atoms with Crippen molar-refractivity contribution in [1.29, 1.82) is 0 Å². The van der Waals surface area contributed by atoms with E-state index in [0.717, 1.165) is 23.0 Å². The fourth-order valence-corrected chi connectivity index (χ4v) is 2.98. The molecule has 1 aromatic carbocycles. The molecule has 0 saturated carbocycles. The van der Waals surface area contributed by atoms with E-state index in [1.54, 1.807) is 37.4 Å². The molecule has 1 heterocycles. The minimum absolute atomic E-state index is 0.00637. The van der Waals surface area contributed by atoms with Crippen molar-refractivity contribution in [3.8, 4) is 0 Å². The zero-order valence-corrected chi connectivity index (χ0v) is 16.0. The van der Waals surface area contributed by atoms with E-state index in [1.807, 2.05) is 30.5 Å². The van der Waals surface area contributed by atoms with Crippen molar-refractivity contribution in [2.75, 3.05) is 21.1 Å². The van der Waals surface area contributed by atoms with Crippen LogP contribution in [0.3, 0.4) is 0 Å². The summed E-state index contributed by atoms with van der Waals surface area (Å²) in [4.78, 5) is 23.4. The molecule has 25 heavy (non-hydrogen) atoms. The molecule has 2 N–H and O–H groups in total. The Kier molecular flexibility index (Phi) is 6.94. The maximum absolute atomic E-state index is 11.9. The molecular weight excluding hydrogens is 334 g/mol. The lowest BCUT2D eigenvalue weighted by atomic mass is 10.1. The standard InChI is InChI=1S/C18H25N5OS/c1-5-15-11-20-16(25-15)12-22-18(19-2)21-10-13-6-8-14(9-7-13)17(24)23(3)4/h6-9,11H,5,10,12H2,1-4H3,(H2,19,21,22). The number of benzene rings is 1. The van der Waals surface area contributed by atoms with Crippen molar-refractivity contribution in [2.24, 2.45) is 4.99 Å². The first-order valence-corrected chi connectivity index (χ1v) is 9.03. The van der Waals surface area contributed by atoms with Crippen LogP contribution < -0.4 is 10.6 Å². The maximum atomic E-state index is 11.9. The van der Waals surface area contributed by atoms with Crippen molar-refractivity contribution < 1.29 is 4.79 Å². The van der Waals surface area contributed by atoms with Crippen LogP contribution >= 0.6 is 11.3 Å². The van der Waals surface area contributed by atoms with Gasteiger partial charge >= 0.3 is 0 Å². The average Bonchev–Trinajstić information content (AvgIpc) is 3.09. The summed E-state index contributed by atoms with van der Waals surface area (Å²) in [6.45, 7) is 3.41. The van der Waals surface area contributed by atoms with Gasteiger partial charge in [0.2, 0.25) is 0 Å². The second-order valence-corrected chi connectivity index (χ2v) is 6.95. The normalized spacial score (nSPS) is 11.3. The van der Waals surface area contributed by atoms with Gasteiger partial charge in [0.1, 0.15) is 5.01 Å². The molecule has 134 valence electrons. The van der Waals surface area contributed by atoms with Crippen LogP contribution in [-0.4, -0.2) is 42.9 Å². The van der Waals surface area contributed by atoms with Crippen molar-refractivity contribution >= 4 is 23.2 Å². The zero-order valence-electron chi connectivity index (χ0n) is 15.2. The maximum Gasteiger partial charge on any atom is 0.253 e. The highest BCUT2D eigenvalue weighted by atomic mass is 32.1. The Balaban J connectivity index is 1.84. The second-order valence-electron chi connectivity index (χ2n) is 5.75. The molecule has 1 aromatic heterocycles. The SMILES string of the molecule is CCc1cnc(CNC(=NC)NCc2ccc(C(=O)N(C)C)cc2)s1. The molecular formula is C18H25N5OS. The third kappa shape index (κ3) is 5.56. The third-order valence-electron chi connectivity index (χ3n) is 3.65. The third-order valence-corrected chi connectivity index (χ3v) is 4.79. The van der Waals surface area contributed by atoms with Crippen molar-refractivity contribution in [1.82, 2.24) is 20.5 Å². The highest BCUT2D eigenvalue weighted by Gasteiger charge is 2.07. The molecule has 2 aromatic rings. The van der Waals surface area contributed by atoms with Gasteiger partial charge in [0.25, 0.3) is 5.91 Å². The highest BCUT2D eigenvalue weighted by Crippen LogP contribution is 2.12. The fraction of sp³-hybridized carbons (Fsp3) is 0.389. The Bertz CT molecular complexity index is 721. The number of hydrogen-bond donors (Lipinski definition) is 2. The van der Waals surface area contributed by atoms with Gasteiger partial charge in [-0.3, -0.25) is 9.79 Å². The van der Waals surface area contributed by atoms with Crippen molar-refractivity contribution in [3.63, 3.8) is 0 Å². The Morgan fingerprint density at radius 2 is 1.88 bits per heavy atom. The number of rotatable bonds is 6. The fourth-order valence-electron chi connectivity index (χ4n) is 2.18. The first kappa shape index (κ1) is 18.9. The minimum Gasteiger partial charge on any atom is -0.352 e. The number of nitrogens with zero attached hydrogens (tertiary/aromatic N) is 3. The molecule has 0 saturated heterocycles. The number of hydrogen-bond acceptors (Lipinski definition) is 4. The summed E-state index contributed by atoms with van der Waals surface area (Å²) in [6, 6.07) is 7.59. The predicted molar refractivity (Wildman–Crippen MR) is 103 cm³/mol. The average molecular weight is 359 g/mol. The Morgan fingerprint density at radius 1 is 1.20 bits per heavy atom. The monoisotopic (exact) mass is 359 g/mol. The summed E-state index contributed by atoms with van der Waals surface area (Å²) in [5.41, 5.74) is 1.77. The topological polar surface area (TPSA) is 69.6 Å². The van der Waals surface area contributed by atoms with E-state index in [-0.39, 0.29) is 5.91 Å². The molecule has 2 rings (SSSR count). The Labute approximate surface area is 153 Å². The molecule has 0 atom stereocenters. The molecule has 7 heteroatoms. The van der Waals surface area contributed by atoms with Gasteiger partial charge in [-0.2, -0.15) is 0 Å². The molecule has 0 spiro atoms. The summed E-state index contributed by atoms with van der Waals surface area (Å²) in [5.74, 6) is 0.730. The predicted octanol–water partition coefficient (Wildman–Crippen LogP) is 2.27. The summed E-state index contributed by atoms with van der Waals surface area (Å²) in [6.07, 6.45) is 2.94. The van der Waals surface area contributed by atoms with Crippen LogP contribution in [0, 0.1) is 0 Å². The summed E-state index contributed by atoms with van der Waals surface area (Å²) < 4.78 is 0. The number of amides is 1. The zero-order chi connectivity index (χ0) is 18.2. The number of carbonyl (C=O) groups is 1. The van der Waals surface area contributed by atoms with Crippen LogP contribution in [0.25, 0.3) is 0 Å². The largest absolute Gasteiger partial charge is 0.352 e. The van der Waals surface area contributed by atoms with E-state index in [9.17, 15) is 4.79 Å². The molecule has 0 fully saturated rings. The van der Waals surface area contributed by atoms with E-state index < -0.39 is 0 Å². The lowest BCUT2D eigenvalue weighted by molar-refractivity contribution is 0.0827. The van der Waals surface area contributed by atoms with E-state index in [1.165, 1.54) is 4.88 Å². The lowest BCUT2D eigenvalue weighted by Gasteiger charge is -2.12. The number of carbonyl (C=O) groups excluding carboxylic acids is 1. The molecule has 0 bridgehead atoms. The van der Waals surface area contributed by atoms with Gasteiger partial charge in [-0.25, -0.2) is 4.98 Å². The Hall–Kier alpha value is -2.41. The van der Waals surface area contributed by atoms with E-state index in [4.69, 9.17) is 0 Å². The van der Waals surface area contributed by atoms with Crippen LogP contribution in [0.5, 0.6) is 0 Å². The highest BCUT2D eigenvalue weighted by molar-refractivity contribution is 7.11. The first-order chi connectivity index (χ1) is 12.0. The van der Waals surface area contributed by atoms with Crippen LogP contribution in [0.4, 0.5) is 0 Å². The minimum atomic E-state index is 0.00637. The van der Waals surface area contributed by atoms with Gasteiger partial charge in [0, 0.05) is 44.3 Å². The molecule has 0 aliphatic rings. The van der Waals surface area contributed by atoms with Gasteiger partial charge in [0.05, 0.1) is 6.54 Å². The van der Waals surface area contributed by atoms with Gasteiger partial charge in [0.15, 0.2) is 5.96 Å². The van der Waals surface area contributed by atoms with Gasteiger partial charge in [-0.1, -0.05) is 19.1 Å². The Morgan fingerprint density at radius 3 is 2.44 bits per heavy atom. The molecule has 0 aliphatic heterocycles. The molecule has 0 radical (unpaired) electrons. The summed E-state index contributed by atoms with van der Waals surface area (Å²) >= 11 is 1.71. The second kappa shape index (κ2) is 9.17. The number of aryl methyl sites for hydroxylation is 1. The quantitative estimate of drug-likeness (QED) is 0.613. The van der Waals surface area contributed by atoms with Crippen LogP contribution in [0.1, 0.15) is 32.7 Å². The lowest BCUT2D eigenvalue weighted by Crippen LogP contribution is -2.36. The smallest absolute Gasteiger partial charge is 0.253 e. The van der Waals surface area contributed by atoms with Crippen molar-refractivity contribution in [2.45, 2.75) is 26.4 Å². The van der Waals surface area contributed by atoms with Crippen molar-refractivity contribution in [3.05, 3.63) is 51.5 Å². The van der Waals surface area contributed by atoms with E-state index >= 15 is 0 Å². The van der Waals surface area contributed by atoms with E-state index in [0.29, 0.717) is 18.7 Å². The summed E-state index contributed by atoms with van der Waals surface area (Å²) in [7, 11) is 5.24. The molecule has 1 amide bonds. The van der Waals surface area contributed by atoms with Gasteiger partial charge < -0.3 is 15.5 Å². The van der Waals surface area contributed by atoms with E-state index in [2.05, 4.69) is 27.5 Å². The number of guanidine groups is 1. The summed E-state index contributed by atoms with van der Waals surface area (Å²) in [5, 5.41) is 7.58. The number of nitrogens with one attached hydrogen (secondary N) is 2. The number of aliphatic imine (C=N–C) groups is 1. The van der Waals surface area contributed by atoms with Gasteiger partial charge in [-0.15, -0.1) is 11.3 Å². The van der Waals surface area contributed by atoms with Crippen LogP contribution in [-0.2, 0) is 19.5 Å². The van der Waals surface area contributed by atoms with Gasteiger partial charge in [-0.05, 0) is 24.1 Å². The van der Waals surface area contributed by atoms with Crippen LogP contribution in [0.2, 0.25) is 0 Å². The number of aromatic nitrogens is 1. The molecule has 6 nitrogen and oxygen atoms in total.